The highest BCUT2D eigenvalue weighted by Gasteiger charge is 2.16. The van der Waals surface area contributed by atoms with Crippen molar-refractivity contribution in [2.75, 3.05) is 17.7 Å². The number of aryl methyl sites for hydroxylation is 1. The molecular formula is C15H23N5O. The molecule has 114 valence electrons. The Bertz CT molecular complexity index is 615. The quantitative estimate of drug-likeness (QED) is 0.934. The second-order valence-corrected chi connectivity index (χ2v) is 6.16. The van der Waals surface area contributed by atoms with Crippen molar-refractivity contribution in [2.24, 2.45) is 7.05 Å². The molecular weight excluding hydrogens is 266 g/mol. The minimum atomic E-state index is -0.332. The Balaban J connectivity index is 2.17. The first-order valence-corrected chi connectivity index (χ1v) is 6.89. The molecule has 0 aliphatic carbocycles. The summed E-state index contributed by atoms with van der Waals surface area (Å²) in [4.78, 5) is 6.55. The molecule has 2 aromatic heterocycles. The molecule has 0 saturated carbocycles. The summed E-state index contributed by atoms with van der Waals surface area (Å²) >= 11 is 0. The average Bonchev–Trinajstić information content (AvgIpc) is 2.75. The highest BCUT2D eigenvalue weighted by atomic mass is 16.5. The van der Waals surface area contributed by atoms with Gasteiger partial charge in [-0.15, -0.1) is 0 Å². The van der Waals surface area contributed by atoms with Gasteiger partial charge in [0.25, 0.3) is 0 Å². The van der Waals surface area contributed by atoms with Crippen LogP contribution in [0.2, 0.25) is 0 Å². The van der Waals surface area contributed by atoms with Crippen LogP contribution in [-0.2, 0) is 13.6 Å². The lowest BCUT2D eigenvalue weighted by Gasteiger charge is -2.23. The molecule has 0 spiro atoms. The minimum absolute atomic E-state index is 0.332. The fraction of sp³-hybridized carbons (Fsp3) is 0.467. The van der Waals surface area contributed by atoms with Gasteiger partial charge in [-0.2, -0.15) is 10.1 Å². The van der Waals surface area contributed by atoms with Crippen LogP contribution in [0.25, 0.3) is 0 Å². The van der Waals surface area contributed by atoms with Crippen LogP contribution < -0.4 is 15.4 Å². The monoisotopic (exact) mass is 289 g/mol. The molecule has 2 aromatic rings. The highest BCUT2D eigenvalue weighted by molar-refractivity contribution is 5.54. The van der Waals surface area contributed by atoms with E-state index in [1.165, 1.54) is 0 Å². The van der Waals surface area contributed by atoms with Crippen molar-refractivity contribution >= 4 is 11.5 Å². The largest absolute Gasteiger partial charge is 0.470 e. The number of ether oxygens (including phenoxy) is 1. The molecule has 0 aromatic carbocycles. The van der Waals surface area contributed by atoms with Crippen LogP contribution in [-0.4, -0.2) is 27.4 Å². The van der Waals surface area contributed by atoms with Gasteiger partial charge in [-0.3, -0.25) is 4.68 Å². The van der Waals surface area contributed by atoms with E-state index in [9.17, 15) is 0 Å². The number of pyridine rings is 1. The molecule has 0 bridgehead atoms. The number of nitrogen functional groups attached to an aromatic ring is 1. The fourth-order valence-corrected chi connectivity index (χ4v) is 1.93. The second-order valence-electron chi connectivity index (χ2n) is 6.16. The predicted octanol–water partition coefficient (Wildman–Crippen LogP) is 2.21. The second kappa shape index (κ2) is 5.63. The van der Waals surface area contributed by atoms with E-state index in [0.29, 0.717) is 11.6 Å². The summed E-state index contributed by atoms with van der Waals surface area (Å²) in [6.07, 6.45) is 3.83. The average molecular weight is 289 g/mol. The van der Waals surface area contributed by atoms with Gasteiger partial charge in [0, 0.05) is 32.4 Å². The highest BCUT2D eigenvalue weighted by Crippen LogP contribution is 2.26. The van der Waals surface area contributed by atoms with Crippen molar-refractivity contribution < 1.29 is 4.74 Å². The number of hydrogen-bond donors (Lipinski definition) is 1. The molecule has 0 amide bonds. The van der Waals surface area contributed by atoms with Gasteiger partial charge >= 0.3 is 0 Å². The first kappa shape index (κ1) is 15.2. The standard InChI is InChI=1S/C15H23N5O/c1-15(2,3)21-14-12(16)6-7-13(18-14)19(4)9-11-8-17-20(5)10-11/h6-8,10H,9,16H2,1-5H3. The zero-order chi connectivity index (χ0) is 15.6. The van der Waals surface area contributed by atoms with Crippen LogP contribution in [0.4, 0.5) is 11.5 Å². The van der Waals surface area contributed by atoms with Gasteiger partial charge in [-0.25, -0.2) is 0 Å². The molecule has 0 unspecified atom stereocenters. The number of anilines is 2. The molecule has 6 heteroatoms. The van der Waals surface area contributed by atoms with E-state index < -0.39 is 0 Å². The summed E-state index contributed by atoms with van der Waals surface area (Å²) in [6, 6.07) is 3.71. The minimum Gasteiger partial charge on any atom is -0.470 e. The van der Waals surface area contributed by atoms with Crippen LogP contribution >= 0.6 is 0 Å². The Labute approximate surface area is 125 Å². The van der Waals surface area contributed by atoms with Crippen LogP contribution in [0.5, 0.6) is 5.88 Å². The lowest BCUT2D eigenvalue weighted by Crippen LogP contribution is -2.25. The van der Waals surface area contributed by atoms with Crippen LogP contribution in [0.1, 0.15) is 26.3 Å². The molecule has 2 rings (SSSR count). The van der Waals surface area contributed by atoms with Gasteiger partial charge in [0.05, 0.1) is 11.9 Å². The lowest BCUT2D eigenvalue weighted by molar-refractivity contribution is 0.125. The van der Waals surface area contributed by atoms with E-state index in [0.717, 1.165) is 17.9 Å². The smallest absolute Gasteiger partial charge is 0.239 e. The Morgan fingerprint density at radius 3 is 2.62 bits per heavy atom. The van der Waals surface area contributed by atoms with E-state index in [-0.39, 0.29) is 5.60 Å². The summed E-state index contributed by atoms with van der Waals surface area (Å²) in [7, 11) is 3.88. The Morgan fingerprint density at radius 2 is 2.05 bits per heavy atom. The van der Waals surface area contributed by atoms with Crippen molar-refractivity contribution in [1.82, 2.24) is 14.8 Å². The Morgan fingerprint density at radius 1 is 1.33 bits per heavy atom. The van der Waals surface area contributed by atoms with Gasteiger partial charge in [0.15, 0.2) is 0 Å². The third-order valence-corrected chi connectivity index (χ3v) is 2.85. The summed E-state index contributed by atoms with van der Waals surface area (Å²) < 4.78 is 7.58. The molecule has 2 N–H and O–H groups in total. The molecule has 0 radical (unpaired) electrons. The van der Waals surface area contributed by atoms with Crippen molar-refractivity contribution in [2.45, 2.75) is 32.9 Å². The summed E-state index contributed by atoms with van der Waals surface area (Å²) in [5, 5.41) is 4.17. The maximum absolute atomic E-state index is 5.93. The Hall–Kier alpha value is -2.24. The zero-order valence-corrected chi connectivity index (χ0v) is 13.3. The van der Waals surface area contributed by atoms with E-state index in [2.05, 4.69) is 10.1 Å². The Kier molecular flexibility index (Phi) is 4.06. The number of nitrogens with two attached hydrogens (primary N) is 1. The van der Waals surface area contributed by atoms with Crippen molar-refractivity contribution in [1.29, 1.82) is 0 Å². The topological polar surface area (TPSA) is 69.2 Å². The summed E-state index contributed by atoms with van der Waals surface area (Å²) in [5.41, 5.74) is 7.27. The first-order chi connectivity index (χ1) is 9.74. The molecule has 21 heavy (non-hydrogen) atoms. The summed E-state index contributed by atoms with van der Waals surface area (Å²) in [6.45, 7) is 6.64. The number of nitrogens with zero attached hydrogens (tertiary/aromatic N) is 4. The molecule has 6 nitrogen and oxygen atoms in total. The maximum Gasteiger partial charge on any atom is 0.239 e. The molecule has 0 fully saturated rings. The van der Waals surface area contributed by atoms with Gasteiger partial charge in [0.1, 0.15) is 11.4 Å². The summed E-state index contributed by atoms with van der Waals surface area (Å²) in [5.74, 6) is 1.28. The van der Waals surface area contributed by atoms with Crippen molar-refractivity contribution in [3.05, 3.63) is 30.1 Å². The van der Waals surface area contributed by atoms with Gasteiger partial charge in [-0.1, -0.05) is 0 Å². The van der Waals surface area contributed by atoms with E-state index in [4.69, 9.17) is 10.5 Å². The number of hydrogen-bond acceptors (Lipinski definition) is 5. The third kappa shape index (κ3) is 4.11. The van der Waals surface area contributed by atoms with Gasteiger partial charge in [0.2, 0.25) is 5.88 Å². The molecule has 0 atom stereocenters. The van der Waals surface area contributed by atoms with E-state index >= 15 is 0 Å². The first-order valence-electron chi connectivity index (χ1n) is 6.89. The normalized spacial score (nSPS) is 11.5. The van der Waals surface area contributed by atoms with E-state index in [1.807, 2.05) is 64.3 Å². The van der Waals surface area contributed by atoms with Crippen LogP contribution in [0.3, 0.4) is 0 Å². The van der Waals surface area contributed by atoms with Crippen molar-refractivity contribution in [3.8, 4) is 5.88 Å². The molecule has 0 saturated heterocycles. The zero-order valence-electron chi connectivity index (χ0n) is 13.3. The number of aromatic nitrogens is 3. The van der Waals surface area contributed by atoms with Crippen molar-refractivity contribution in [3.63, 3.8) is 0 Å². The van der Waals surface area contributed by atoms with Crippen LogP contribution in [0.15, 0.2) is 24.5 Å². The van der Waals surface area contributed by atoms with Crippen LogP contribution in [0, 0.1) is 0 Å². The molecule has 0 aliphatic rings. The fourth-order valence-electron chi connectivity index (χ4n) is 1.93. The predicted molar refractivity (Wildman–Crippen MR) is 84.3 cm³/mol. The third-order valence-electron chi connectivity index (χ3n) is 2.85. The molecule has 0 aliphatic heterocycles. The lowest BCUT2D eigenvalue weighted by atomic mass is 10.2. The SMILES string of the molecule is CN(Cc1cnn(C)c1)c1ccc(N)c(OC(C)(C)C)n1. The van der Waals surface area contributed by atoms with E-state index in [1.54, 1.807) is 4.68 Å². The van der Waals surface area contributed by atoms with Gasteiger partial charge in [-0.05, 0) is 32.9 Å². The number of rotatable bonds is 4. The maximum atomic E-state index is 5.93. The van der Waals surface area contributed by atoms with Gasteiger partial charge < -0.3 is 15.4 Å². The molecule has 2 heterocycles.